The van der Waals surface area contributed by atoms with Gasteiger partial charge in [-0.3, -0.25) is 9.59 Å². The highest BCUT2D eigenvalue weighted by Crippen LogP contribution is 2.40. The fourth-order valence-electron chi connectivity index (χ4n) is 5.14. The van der Waals surface area contributed by atoms with Crippen LogP contribution < -0.4 is 10.6 Å². The van der Waals surface area contributed by atoms with Crippen LogP contribution in [-0.4, -0.2) is 40.8 Å². The number of thiophene rings is 1. The molecule has 0 radical (unpaired) electrons. The van der Waals surface area contributed by atoms with Crippen LogP contribution in [0, 0.1) is 13.8 Å². The van der Waals surface area contributed by atoms with Crippen molar-refractivity contribution in [1.82, 2.24) is 9.88 Å². The summed E-state index contributed by atoms with van der Waals surface area (Å²) in [7, 11) is 0. The zero-order valence-corrected chi connectivity index (χ0v) is 25.5. The summed E-state index contributed by atoms with van der Waals surface area (Å²) in [6.07, 6.45) is 4.83. The summed E-state index contributed by atoms with van der Waals surface area (Å²) in [6.45, 7) is 9.07. The Balaban J connectivity index is 1.27. The number of benzene rings is 2. The molecule has 2 N–H and O–H groups in total. The number of nitrogens with one attached hydrogen (secondary N) is 2. The van der Waals surface area contributed by atoms with E-state index in [4.69, 9.17) is 4.74 Å². The molecule has 0 unspecified atom stereocenters. The monoisotopic (exact) mass is 589 g/mol. The standard InChI is InChI=1S/C32H35N3O4S2/c1-5-39-32(38)28-24-10-8-12-26(24)41-31(28)34-29(36)21(4)40-27-18-35(25-11-7-6-9-23(25)27)16-15-33-30(37)22-14-13-19(2)20(3)17-22/h6-7,9,11,13-14,17-18,21H,5,8,10,12,15-16H2,1-4H3,(H,33,37)(H,34,36)/t21-/m0/s1. The van der Waals surface area contributed by atoms with E-state index in [1.165, 1.54) is 23.1 Å². The highest BCUT2D eigenvalue weighted by Gasteiger charge is 2.29. The van der Waals surface area contributed by atoms with E-state index in [0.717, 1.165) is 56.6 Å². The zero-order valence-electron chi connectivity index (χ0n) is 23.8. The van der Waals surface area contributed by atoms with Crippen molar-refractivity contribution in [3.63, 3.8) is 0 Å². The van der Waals surface area contributed by atoms with Gasteiger partial charge in [-0.15, -0.1) is 23.1 Å². The molecule has 0 fully saturated rings. The Morgan fingerprint density at radius 3 is 2.68 bits per heavy atom. The van der Waals surface area contributed by atoms with Crippen LogP contribution in [0.15, 0.2) is 53.6 Å². The molecule has 4 aromatic rings. The summed E-state index contributed by atoms with van der Waals surface area (Å²) >= 11 is 2.98. The van der Waals surface area contributed by atoms with Crippen molar-refractivity contribution in [1.29, 1.82) is 0 Å². The summed E-state index contributed by atoms with van der Waals surface area (Å²) in [5.74, 6) is -0.612. The third kappa shape index (κ3) is 6.21. The number of hydrogen-bond acceptors (Lipinski definition) is 6. The molecule has 2 aromatic carbocycles. The van der Waals surface area contributed by atoms with Crippen molar-refractivity contribution in [3.8, 4) is 0 Å². The Bertz CT molecular complexity index is 1620. The van der Waals surface area contributed by atoms with Crippen LogP contribution in [-0.2, 0) is 28.9 Å². The number of thioether (sulfide) groups is 1. The SMILES string of the molecule is CCOC(=O)c1c(NC(=O)[C@H](C)Sc2cn(CCNC(=O)c3ccc(C)c(C)c3)c3ccccc23)sc2c1CCC2. The lowest BCUT2D eigenvalue weighted by Gasteiger charge is -2.12. The number of nitrogens with zero attached hydrogens (tertiary/aromatic N) is 1. The van der Waals surface area contributed by atoms with Crippen LogP contribution in [0.5, 0.6) is 0 Å². The average Bonchev–Trinajstić information content (AvgIpc) is 3.64. The molecule has 0 bridgehead atoms. The van der Waals surface area contributed by atoms with E-state index in [9.17, 15) is 14.4 Å². The number of rotatable bonds is 10. The Hall–Kier alpha value is -3.56. The van der Waals surface area contributed by atoms with E-state index >= 15 is 0 Å². The minimum Gasteiger partial charge on any atom is -0.462 e. The first-order chi connectivity index (χ1) is 19.8. The molecule has 0 saturated heterocycles. The highest BCUT2D eigenvalue weighted by atomic mass is 32.2. The largest absolute Gasteiger partial charge is 0.462 e. The summed E-state index contributed by atoms with van der Waals surface area (Å²) < 4.78 is 7.42. The maximum absolute atomic E-state index is 13.3. The first-order valence-electron chi connectivity index (χ1n) is 14.0. The van der Waals surface area contributed by atoms with Gasteiger partial charge in [0, 0.05) is 45.5 Å². The van der Waals surface area contributed by atoms with Crippen LogP contribution in [0.3, 0.4) is 0 Å². The lowest BCUT2D eigenvalue weighted by atomic mass is 10.1. The quantitative estimate of drug-likeness (QED) is 0.162. The molecule has 0 aliphatic heterocycles. The number of fused-ring (bicyclic) bond motifs is 2. The normalized spacial score (nSPS) is 13.2. The van der Waals surface area contributed by atoms with E-state index in [1.54, 1.807) is 6.92 Å². The predicted octanol–water partition coefficient (Wildman–Crippen LogP) is 6.53. The van der Waals surface area contributed by atoms with Gasteiger partial charge in [0.2, 0.25) is 5.91 Å². The minimum atomic E-state index is -0.397. The molecule has 0 saturated carbocycles. The van der Waals surface area contributed by atoms with Gasteiger partial charge in [0.25, 0.3) is 5.91 Å². The van der Waals surface area contributed by atoms with Crippen LogP contribution in [0.25, 0.3) is 10.9 Å². The molecule has 7 nitrogen and oxygen atoms in total. The molecule has 1 atom stereocenters. The minimum absolute atomic E-state index is 0.0915. The molecule has 1 aliphatic carbocycles. The van der Waals surface area contributed by atoms with Crippen LogP contribution in [0.2, 0.25) is 0 Å². The second-order valence-electron chi connectivity index (χ2n) is 10.3. The third-order valence-corrected chi connectivity index (χ3v) is 9.82. The Morgan fingerprint density at radius 2 is 1.90 bits per heavy atom. The first kappa shape index (κ1) is 29.0. The summed E-state index contributed by atoms with van der Waals surface area (Å²) in [5, 5.41) is 7.30. The number of carbonyl (C=O) groups is 3. The van der Waals surface area contributed by atoms with Gasteiger partial charge in [-0.05, 0) is 81.8 Å². The van der Waals surface area contributed by atoms with Crippen molar-refractivity contribution in [2.75, 3.05) is 18.5 Å². The third-order valence-electron chi connectivity index (χ3n) is 7.47. The van der Waals surface area contributed by atoms with Gasteiger partial charge >= 0.3 is 5.97 Å². The fraction of sp³-hybridized carbons (Fsp3) is 0.344. The van der Waals surface area contributed by atoms with E-state index in [2.05, 4.69) is 21.3 Å². The number of aromatic nitrogens is 1. The van der Waals surface area contributed by atoms with Gasteiger partial charge in [-0.1, -0.05) is 24.3 Å². The predicted molar refractivity (Wildman–Crippen MR) is 166 cm³/mol. The molecular weight excluding hydrogens is 555 g/mol. The Labute approximate surface area is 248 Å². The van der Waals surface area contributed by atoms with E-state index in [-0.39, 0.29) is 17.8 Å². The van der Waals surface area contributed by atoms with Crippen LogP contribution in [0.1, 0.15) is 62.6 Å². The van der Waals surface area contributed by atoms with Crippen LogP contribution in [0.4, 0.5) is 5.00 Å². The van der Waals surface area contributed by atoms with Crippen molar-refractivity contribution < 1.29 is 19.1 Å². The zero-order chi connectivity index (χ0) is 29.1. The Kier molecular flexibility index (Phi) is 8.85. The van der Waals surface area contributed by atoms with Crippen LogP contribution >= 0.6 is 23.1 Å². The number of hydrogen-bond donors (Lipinski definition) is 2. The number of amides is 2. The molecule has 214 valence electrons. The van der Waals surface area contributed by atoms with Gasteiger partial charge in [0.05, 0.1) is 17.4 Å². The Morgan fingerprint density at radius 1 is 1.10 bits per heavy atom. The van der Waals surface area contributed by atoms with Gasteiger partial charge in [0.1, 0.15) is 5.00 Å². The molecule has 0 spiro atoms. The van der Waals surface area contributed by atoms with E-state index < -0.39 is 5.25 Å². The van der Waals surface area contributed by atoms with Gasteiger partial charge in [0.15, 0.2) is 0 Å². The number of aryl methyl sites for hydroxylation is 3. The smallest absolute Gasteiger partial charge is 0.341 e. The molecule has 9 heteroatoms. The lowest BCUT2D eigenvalue weighted by Crippen LogP contribution is -2.27. The second kappa shape index (κ2) is 12.5. The molecule has 2 aromatic heterocycles. The first-order valence-corrected chi connectivity index (χ1v) is 15.7. The molecule has 41 heavy (non-hydrogen) atoms. The van der Waals surface area contributed by atoms with Crippen molar-refractivity contribution in [3.05, 3.63) is 81.4 Å². The van der Waals surface area contributed by atoms with Crippen molar-refractivity contribution in [2.45, 2.75) is 63.6 Å². The van der Waals surface area contributed by atoms with Crippen molar-refractivity contribution in [2.24, 2.45) is 0 Å². The highest BCUT2D eigenvalue weighted by molar-refractivity contribution is 8.00. The lowest BCUT2D eigenvalue weighted by molar-refractivity contribution is -0.115. The van der Waals surface area contributed by atoms with E-state index in [1.807, 2.05) is 63.4 Å². The number of esters is 1. The summed E-state index contributed by atoms with van der Waals surface area (Å²) in [6, 6.07) is 13.8. The topological polar surface area (TPSA) is 89.4 Å². The molecule has 1 aliphatic rings. The summed E-state index contributed by atoms with van der Waals surface area (Å²) in [5.41, 5.74) is 5.50. The van der Waals surface area contributed by atoms with Gasteiger partial charge < -0.3 is 19.9 Å². The maximum atomic E-state index is 13.3. The fourth-order valence-corrected chi connectivity index (χ4v) is 7.45. The number of anilines is 1. The van der Waals surface area contributed by atoms with Gasteiger partial charge in [-0.2, -0.15) is 0 Å². The molecule has 5 rings (SSSR count). The van der Waals surface area contributed by atoms with E-state index in [0.29, 0.717) is 35.8 Å². The number of ether oxygens (including phenoxy) is 1. The molecule has 2 heterocycles. The molecule has 2 amide bonds. The molecular formula is C32H35N3O4S2. The average molecular weight is 590 g/mol. The number of para-hydroxylation sites is 1. The van der Waals surface area contributed by atoms with Gasteiger partial charge in [-0.25, -0.2) is 4.79 Å². The number of carbonyl (C=O) groups excluding carboxylic acids is 3. The summed E-state index contributed by atoms with van der Waals surface area (Å²) in [4.78, 5) is 40.9. The van der Waals surface area contributed by atoms with Crippen molar-refractivity contribution >= 4 is 56.8 Å². The maximum Gasteiger partial charge on any atom is 0.341 e. The second-order valence-corrected chi connectivity index (χ2v) is 12.8.